The number of nitrogens with zero attached hydrogens (tertiary/aromatic N) is 2. The number of ether oxygens (including phenoxy) is 1. The van der Waals surface area contributed by atoms with Crippen LogP contribution in [0.3, 0.4) is 0 Å². The first kappa shape index (κ1) is 17.9. The number of hydrogen-bond acceptors (Lipinski definition) is 3. The summed E-state index contributed by atoms with van der Waals surface area (Å²) in [5, 5.41) is 10.8. The van der Waals surface area contributed by atoms with Gasteiger partial charge in [0.05, 0.1) is 31.2 Å². The lowest BCUT2D eigenvalue weighted by atomic mass is 10.2. The van der Waals surface area contributed by atoms with E-state index in [2.05, 4.69) is 15.7 Å². The number of nitrogens with one attached hydrogen (secondary N) is 2. The van der Waals surface area contributed by atoms with Gasteiger partial charge in [-0.25, -0.2) is 4.39 Å². The molecule has 1 aromatic heterocycles. The number of aryl methyl sites for hydroxylation is 1. The molecule has 0 radical (unpaired) electrons. The fourth-order valence-corrected chi connectivity index (χ4v) is 2.75. The minimum Gasteiger partial charge on any atom is -0.495 e. The molecule has 0 saturated carbocycles. The Morgan fingerprint density at radius 1 is 1.23 bits per heavy atom. The SMILES string of the molecule is COc1ccc(C)cc1NC(=S)Nc1cnn(Cc2ccccc2F)c1. The van der Waals surface area contributed by atoms with Crippen LogP contribution in [0.2, 0.25) is 0 Å². The molecule has 0 spiro atoms. The second kappa shape index (κ2) is 7.97. The third-order valence-corrected chi connectivity index (χ3v) is 3.99. The van der Waals surface area contributed by atoms with Crippen LogP contribution in [0.25, 0.3) is 0 Å². The smallest absolute Gasteiger partial charge is 0.175 e. The van der Waals surface area contributed by atoms with Crippen molar-refractivity contribution in [1.29, 1.82) is 0 Å². The van der Waals surface area contributed by atoms with E-state index in [1.807, 2.05) is 25.1 Å². The van der Waals surface area contributed by atoms with Crippen LogP contribution in [-0.2, 0) is 6.54 Å². The highest BCUT2D eigenvalue weighted by Crippen LogP contribution is 2.25. The van der Waals surface area contributed by atoms with E-state index in [4.69, 9.17) is 17.0 Å². The second-order valence-corrected chi connectivity index (χ2v) is 6.21. The lowest BCUT2D eigenvalue weighted by Crippen LogP contribution is -2.19. The van der Waals surface area contributed by atoms with Crippen molar-refractivity contribution in [3.05, 3.63) is 71.8 Å². The lowest BCUT2D eigenvalue weighted by Gasteiger charge is -2.13. The standard InChI is InChI=1S/C19H19FN4OS/c1-13-7-8-18(25-2)17(9-13)23-19(26)22-15-10-21-24(12-15)11-14-5-3-4-6-16(14)20/h3-10,12H,11H2,1-2H3,(H2,22,23,26). The molecular weight excluding hydrogens is 351 g/mol. The van der Waals surface area contributed by atoms with Gasteiger partial charge in [0.15, 0.2) is 5.11 Å². The third kappa shape index (κ3) is 4.37. The van der Waals surface area contributed by atoms with Gasteiger partial charge in [0, 0.05) is 11.8 Å². The number of rotatable bonds is 5. The van der Waals surface area contributed by atoms with E-state index in [1.54, 1.807) is 42.4 Å². The predicted molar refractivity (Wildman–Crippen MR) is 105 cm³/mol. The molecule has 0 aliphatic carbocycles. The zero-order chi connectivity index (χ0) is 18.5. The number of thiocarbonyl (C=S) groups is 1. The van der Waals surface area contributed by atoms with Gasteiger partial charge in [-0.05, 0) is 42.9 Å². The monoisotopic (exact) mass is 370 g/mol. The van der Waals surface area contributed by atoms with Crippen molar-refractivity contribution in [1.82, 2.24) is 9.78 Å². The van der Waals surface area contributed by atoms with Gasteiger partial charge in [-0.1, -0.05) is 24.3 Å². The maximum Gasteiger partial charge on any atom is 0.175 e. The third-order valence-electron chi connectivity index (χ3n) is 3.78. The van der Waals surface area contributed by atoms with Crippen LogP contribution in [0.5, 0.6) is 5.75 Å². The Morgan fingerprint density at radius 3 is 2.81 bits per heavy atom. The van der Waals surface area contributed by atoms with E-state index < -0.39 is 0 Å². The Kier molecular flexibility index (Phi) is 5.48. The minimum absolute atomic E-state index is 0.249. The van der Waals surface area contributed by atoms with E-state index >= 15 is 0 Å². The van der Waals surface area contributed by atoms with E-state index in [0.29, 0.717) is 28.7 Å². The highest BCUT2D eigenvalue weighted by atomic mass is 32.1. The minimum atomic E-state index is -0.249. The number of methoxy groups -OCH3 is 1. The molecule has 0 aliphatic rings. The van der Waals surface area contributed by atoms with Crippen molar-refractivity contribution >= 4 is 28.7 Å². The van der Waals surface area contributed by atoms with Gasteiger partial charge >= 0.3 is 0 Å². The van der Waals surface area contributed by atoms with Crippen molar-refractivity contribution in [2.45, 2.75) is 13.5 Å². The number of anilines is 2. The predicted octanol–water partition coefficient (Wildman–Crippen LogP) is 4.20. The molecule has 0 bridgehead atoms. The van der Waals surface area contributed by atoms with Gasteiger partial charge in [-0.15, -0.1) is 0 Å². The van der Waals surface area contributed by atoms with Crippen molar-refractivity contribution in [3.8, 4) is 5.75 Å². The van der Waals surface area contributed by atoms with Gasteiger partial charge < -0.3 is 15.4 Å². The normalized spacial score (nSPS) is 10.4. The Bertz CT molecular complexity index is 925. The average molecular weight is 370 g/mol. The summed E-state index contributed by atoms with van der Waals surface area (Å²) in [5.74, 6) is 0.455. The van der Waals surface area contributed by atoms with Crippen LogP contribution >= 0.6 is 12.2 Å². The first-order chi connectivity index (χ1) is 12.5. The molecule has 1 heterocycles. The molecule has 26 heavy (non-hydrogen) atoms. The summed E-state index contributed by atoms with van der Waals surface area (Å²) >= 11 is 5.35. The van der Waals surface area contributed by atoms with Crippen LogP contribution in [-0.4, -0.2) is 22.0 Å². The summed E-state index contributed by atoms with van der Waals surface area (Å²) in [4.78, 5) is 0. The van der Waals surface area contributed by atoms with Crippen molar-refractivity contribution in [2.75, 3.05) is 17.7 Å². The maximum atomic E-state index is 13.7. The zero-order valence-electron chi connectivity index (χ0n) is 14.5. The summed E-state index contributed by atoms with van der Waals surface area (Å²) in [6, 6.07) is 12.4. The molecule has 0 saturated heterocycles. The van der Waals surface area contributed by atoms with Crippen molar-refractivity contribution < 1.29 is 9.13 Å². The molecular formula is C19H19FN4OS. The molecule has 0 fully saturated rings. The van der Waals surface area contributed by atoms with Crippen LogP contribution in [0.15, 0.2) is 54.9 Å². The molecule has 0 amide bonds. The fourth-order valence-electron chi connectivity index (χ4n) is 2.52. The second-order valence-electron chi connectivity index (χ2n) is 5.80. The number of benzene rings is 2. The Balaban J connectivity index is 1.65. The van der Waals surface area contributed by atoms with Gasteiger partial charge in [0.25, 0.3) is 0 Å². The summed E-state index contributed by atoms with van der Waals surface area (Å²) in [6.45, 7) is 2.34. The first-order valence-corrected chi connectivity index (χ1v) is 8.44. The average Bonchev–Trinajstić information content (AvgIpc) is 3.04. The van der Waals surface area contributed by atoms with Gasteiger partial charge in [-0.3, -0.25) is 4.68 Å². The number of halogens is 1. The van der Waals surface area contributed by atoms with E-state index in [-0.39, 0.29) is 5.82 Å². The first-order valence-electron chi connectivity index (χ1n) is 8.03. The molecule has 2 N–H and O–H groups in total. The maximum absolute atomic E-state index is 13.7. The van der Waals surface area contributed by atoms with Crippen LogP contribution in [0, 0.1) is 12.7 Å². The molecule has 0 aliphatic heterocycles. The molecule has 7 heteroatoms. The summed E-state index contributed by atoms with van der Waals surface area (Å²) in [7, 11) is 1.61. The molecule has 2 aromatic carbocycles. The Hall–Kier alpha value is -2.93. The lowest BCUT2D eigenvalue weighted by molar-refractivity contribution is 0.417. The fraction of sp³-hybridized carbons (Fsp3) is 0.158. The topological polar surface area (TPSA) is 51.1 Å². The van der Waals surface area contributed by atoms with Gasteiger partial charge in [0.2, 0.25) is 0 Å². The van der Waals surface area contributed by atoms with E-state index in [1.165, 1.54) is 6.07 Å². The summed E-state index contributed by atoms with van der Waals surface area (Å²) in [5.41, 5.74) is 3.16. The van der Waals surface area contributed by atoms with E-state index in [0.717, 1.165) is 11.3 Å². The number of aromatic nitrogens is 2. The molecule has 0 unspecified atom stereocenters. The molecule has 3 aromatic rings. The van der Waals surface area contributed by atoms with E-state index in [9.17, 15) is 4.39 Å². The summed E-state index contributed by atoms with van der Waals surface area (Å²) in [6.07, 6.45) is 3.41. The molecule has 3 rings (SSSR count). The van der Waals surface area contributed by atoms with Gasteiger partial charge in [0.1, 0.15) is 11.6 Å². The van der Waals surface area contributed by atoms with Gasteiger partial charge in [-0.2, -0.15) is 5.10 Å². The highest BCUT2D eigenvalue weighted by Gasteiger charge is 2.08. The Morgan fingerprint density at radius 2 is 2.04 bits per heavy atom. The number of hydrogen-bond donors (Lipinski definition) is 2. The highest BCUT2D eigenvalue weighted by molar-refractivity contribution is 7.80. The molecule has 134 valence electrons. The molecule has 5 nitrogen and oxygen atoms in total. The molecule has 0 atom stereocenters. The quantitative estimate of drug-likeness (QED) is 0.660. The van der Waals surface area contributed by atoms with Crippen molar-refractivity contribution in [3.63, 3.8) is 0 Å². The van der Waals surface area contributed by atoms with Crippen LogP contribution < -0.4 is 15.4 Å². The van der Waals surface area contributed by atoms with Crippen LogP contribution in [0.1, 0.15) is 11.1 Å². The summed E-state index contributed by atoms with van der Waals surface area (Å²) < 4.78 is 20.7. The van der Waals surface area contributed by atoms with Crippen LogP contribution in [0.4, 0.5) is 15.8 Å². The Labute approximate surface area is 156 Å². The zero-order valence-corrected chi connectivity index (χ0v) is 15.3. The van der Waals surface area contributed by atoms with Crippen molar-refractivity contribution in [2.24, 2.45) is 0 Å². The largest absolute Gasteiger partial charge is 0.495 e.